The number of anilines is 1. The maximum Gasteiger partial charge on any atom is 0.225 e. The molecule has 1 aromatic rings. The summed E-state index contributed by atoms with van der Waals surface area (Å²) in [7, 11) is 0. The van der Waals surface area contributed by atoms with Gasteiger partial charge < -0.3 is 15.5 Å². The summed E-state index contributed by atoms with van der Waals surface area (Å²) in [6.45, 7) is 6.64. The van der Waals surface area contributed by atoms with Gasteiger partial charge in [0.1, 0.15) is 0 Å². The van der Waals surface area contributed by atoms with E-state index in [4.69, 9.17) is 9.97 Å². The molecule has 4 heterocycles. The fraction of sp³-hybridized carbons (Fsp3) is 0.778. The molecule has 5 heteroatoms. The summed E-state index contributed by atoms with van der Waals surface area (Å²) in [5.74, 6) is 1.82. The highest BCUT2D eigenvalue weighted by Gasteiger charge is 2.22. The Morgan fingerprint density at radius 2 is 1.96 bits per heavy atom. The van der Waals surface area contributed by atoms with E-state index in [1.54, 1.807) is 0 Å². The Morgan fingerprint density at radius 3 is 2.78 bits per heavy atom. The van der Waals surface area contributed by atoms with Crippen molar-refractivity contribution in [3.05, 3.63) is 17.0 Å². The van der Waals surface area contributed by atoms with E-state index in [0.29, 0.717) is 0 Å². The van der Waals surface area contributed by atoms with Gasteiger partial charge in [-0.25, -0.2) is 9.97 Å². The highest BCUT2D eigenvalue weighted by atomic mass is 15.3. The predicted octanol–water partition coefficient (Wildman–Crippen LogP) is 1.65. The Bertz CT molecular complexity index is 532. The monoisotopic (exact) mass is 315 g/mol. The van der Waals surface area contributed by atoms with Crippen molar-refractivity contribution in [3.8, 4) is 0 Å². The van der Waals surface area contributed by atoms with Gasteiger partial charge in [0.2, 0.25) is 5.95 Å². The van der Waals surface area contributed by atoms with Gasteiger partial charge in [0.05, 0.1) is 11.4 Å². The van der Waals surface area contributed by atoms with Gasteiger partial charge in [0.25, 0.3) is 0 Å². The largest absolute Gasteiger partial charge is 0.341 e. The van der Waals surface area contributed by atoms with E-state index in [0.717, 1.165) is 50.9 Å². The van der Waals surface area contributed by atoms with E-state index in [1.165, 1.54) is 62.1 Å². The zero-order chi connectivity index (χ0) is 15.5. The molecule has 2 fully saturated rings. The van der Waals surface area contributed by atoms with E-state index >= 15 is 0 Å². The summed E-state index contributed by atoms with van der Waals surface area (Å²) in [5.41, 5.74) is 4.01. The van der Waals surface area contributed by atoms with Gasteiger partial charge in [0.15, 0.2) is 0 Å². The van der Waals surface area contributed by atoms with Crippen LogP contribution in [0.15, 0.2) is 0 Å². The van der Waals surface area contributed by atoms with Crippen molar-refractivity contribution in [2.24, 2.45) is 5.92 Å². The molecule has 0 spiro atoms. The molecule has 3 aliphatic heterocycles. The van der Waals surface area contributed by atoms with Crippen LogP contribution in [0.5, 0.6) is 0 Å². The van der Waals surface area contributed by atoms with Gasteiger partial charge in [-0.1, -0.05) is 0 Å². The van der Waals surface area contributed by atoms with Crippen LogP contribution < -0.4 is 15.5 Å². The van der Waals surface area contributed by atoms with Gasteiger partial charge >= 0.3 is 0 Å². The van der Waals surface area contributed by atoms with Crippen LogP contribution >= 0.6 is 0 Å². The van der Waals surface area contributed by atoms with E-state index < -0.39 is 0 Å². The van der Waals surface area contributed by atoms with Gasteiger partial charge in [-0.05, 0) is 57.5 Å². The van der Waals surface area contributed by atoms with Crippen LogP contribution in [0.4, 0.5) is 5.95 Å². The molecular weight excluding hydrogens is 286 g/mol. The molecule has 23 heavy (non-hydrogen) atoms. The molecule has 0 aromatic carbocycles. The lowest BCUT2D eigenvalue weighted by molar-refractivity contribution is 0.356. The molecule has 0 saturated carbocycles. The van der Waals surface area contributed by atoms with Gasteiger partial charge in [-0.3, -0.25) is 0 Å². The van der Waals surface area contributed by atoms with Crippen LogP contribution in [0.1, 0.15) is 49.1 Å². The summed E-state index contributed by atoms with van der Waals surface area (Å²) < 4.78 is 0. The topological polar surface area (TPSA) is 53.1 Å². The molecule has 5 nitrogen and oxygen atoms in total. The molecule has 0 radical (unpaired) electrons. The number of piperidine rings is 1. The van der Waals surface area contributed by atoms with Crippen molar-refractivity contribution in [2.45, 2.75) is 51.5 Å². The fourth-order valence-electron chi connectivity index (χ4n) is 4.18. The average Bonchev–Trinajstić information content (AvgIpc) is 3.15. The van der Waals surface area contributed by atoms with Crippen LogP contribution in [0, 0.1) is 5.92 Å². The Kier molecular flexibility index (Phi) is 4.76. The quantitative estimate of drug-likeness (QED) is 0.885. The molecule has 0 unspecified atom stereocenters. The SMILES string of the molecule is C1CNC[C@@H](CCc2nc(N3CCCC3)nc3c2CNCC3)C1. The summed E-state index contributed by atoms with van der Waals surface area (Å²) >= 11 is 0. The summed E-state index contributed by atoms with van der Waals surface area (Å²) in [6.07, 6.45) is 8.69. The third-order valence-corrected chi connectivity index (χ3v) is 5.58. The zero-order valence-corrected chi connectivity index (χ0v) is 14.1. The smallest absolute Gasteiger partial charge is 0.225 e. The molecule has 0 bridgehead atoms. The standard InChI is InChI=1S/C18H29N5/c1-2-11-23(10-1)18-21-16(6-5-14-4-3-8-19-12-14)15-13-20-9-7-17(15)22-18/h14,19-20H,1-13H2/t14-/m1/s1. The maximum absolute atomic E-state index is 5.01. The van der Waals surface area contributed by atoms with Crippen LogP contribution in [-0.2, 0) is 19.4 Å². The molecule has 1 aromatic heterocycles. The fourth-order valence-corrected chi connectivity index (χ4v) is 4.18. The first-order valence-corrected chi connectivity index (χ1v) is 9.45. The van der Waals surface area contributed by atoms with Crippen molar-refractivity contribution >= 4 is 5.95 Å². The number of rotatable bonds is 4. The second-order valence-corrected chi connectivity index (χ2v) is 7.27. The molecule has 0 aliphatic carbocycles. The van der Waals surface area contributed by atoms with E-state index in [9.17, 15) is 0 Å². The maximum atomic E-state index is 5.01. The Balaban J connectivity index is 1.54. The second-order valence-electron chi connectivity index (χ2n) is 7.27. The predicted molar refractivity (Wildman–Crippen MR) is 92.8 cm³/mol. The number of fused-ring (bicyclic) bond motifs is 1. The van der Waals surface area contributed by atoms with Gasteiger partial charge in [-0.15, -0.1) is 0 Å². The van der Waals surface area contributed by atoms with Crippen molar-refractivity contribution in [3.63, 3.8) is 0 Å². The third-order valence-electron chi connectivity index (χ3n) is 5.58. The van der Waals surface area contributed by atoms with Crippen molar-refractivity contribution < 1.29 is 0 Å². The first-order chi connectivity index (χ1) is 11.4. The average molecular weight is 315 g/mol. The zero-order valence-electron chi connectivity index (χ0n) is 14.1. The van der Waals surface area contributed by atoms with E-state index in [2.05, 4.69) is 15.5 Å². The molecule has 3 aliphatic rings. The summed E-state index contributed by atoms with van der Waals surface area (Å²) in [4.78, 5) is 12.3. The number of hydrogen-bond donors (Lipinski definition) is 2. The number of hydrogen-bond acceptors (Lipinski definition) is 5. The van der Waals surface area contributed by atoms with E-state index in [-0.39, 0.29) is 0 Å². The number of nitrogens with one attached hydrogen (secondary N) is 2. The lowest BCUT2D eigenvalue weighted by Gasteiger charge is -2.25. The minimum absolute atomic E-state index is 0.821. The molecule has 126 valence electrons. The molecule has 1 atom stereocenters. The molecular formula is C18H29N5. The Hall–Kier alpha value is -1.20. The number of aromatic nitrogens is 2. The lowest BCUT2D eigenvalue weighted by atomic mass is 9.92. The van der Waals surface area contributed by atoms with Crippen LogP contribution in [-0.4, -0.2) is 42.7 Å². The third kappa shape index (κ3) is 3.50. The first kappa shape index (κ1) is 15.3. The molecule has 2 N–H and O–H groups in total. The summed E-state index contributed by atoms with van der Waals surface area (Å²) in [5, 5.41) is 7.04. The number of aryl methyl sites for hydroxylation is 1. The second kappa shape index (κ2) is 7.14. The Morgan fingerprint density at radius 1 is 1.04 bits per heavy atom. The highest BCUT2D eigenvalue weighted by Crippen LogP contribution is 2.25. The minimum Gasteiger partial charge on any atom is -0.341 e. The molecule has 4 rings (SSSR count). The van der Waals surface area contributed by atoms with E-state index in [1.807, 2.05) is 0 Å². The van der Waals surface area contributed by atoms with Crippen LogP contribution in [0.3, 0.4) is 0 Å². The van der Waals surface area contributed by atoms with Crippen molar-refractivity contribution in [1.82, 2.24) is 20.6 Å². The van der Waals surface area contributed by atoms with Gasteiger partial charge in [-0.2, -0.15) is 0 Å². The van der Waals surface area contributed by atoms with Crippen LogP contribution in [0.25, 0.3) is 0 Å². The minimum atomic E-state index is 0.821. The summed E-state index contributed by atoms with van der Waals surface area (Å²) in [6, 6.07) is 0. The highest BCUT2D eigenvalue weighted by molar-refractivity contribution is 5.39. The lowest BCUT2D eigenvalue weighted by Crippen LogP contribution is -2.31. The Labute approximate surface area is 139 Å². The first-order valence-electron chi connectivity index (χ1n) is 9.45. The van der Waals surface area contributed by atoms with Gasteiger partial charge in [0, 0.05) is 38.2 Å². The molecule has 0 amide bonds. The normalized spacial score (nSPS) is 24.7. The number of nitrogens with zero attached hydrogens (tertiary/aromatic N) is 3. The van der Waals surface area contributed by atoms with Crippen molar-refractivity contribution in [1.29, 1.82) is 0 Å². The van der Waals surface area contributed by atoms with Crippen molar-refractivity contribution in [2.75, 3.05) is 37.6 Å². The van der Waals surface area contributed by atoms with Crippen LogP contribution in [0.2, 0.25) is 0 Å². The molecule has 2 saturated heterocycles.